The highest BCUT2D eigenvalue weighted by molar-refractivity contribution is 7.89. The Hall–Kier alpha value is -2.13. The van der Waals surface area contributed by atoms with Crippen LogP contribution >= 0.6 is 0 Å². The highest BCUT2D eigenvalue weighted by Crippen LogP contribution is 2.19. The van der Waals surface area contributed by atoms with E-state index in [1.54, 1.807) is 0 Å². The lowest BCUT2D eigenvalue weighted by molar-refractivity contribution is 0.455. The van der Waals surface area contributed by atoms with Crippen LogP contribution in [0.4, 0.5) is 10.3 Å². The summed E-state index contributed by atoms with van der Waals surface area (Å²) in [6, 6.07) is 4.66. The van der Waals surface area contributed by atoms with Crippen LogP contribution in [-0.2, 0) is 22.9 Å². The molecule has 1 aromatic carbocycles. The molecule has 2 heterocycles. The Kier molecular flexibility index (Phi) is 6.01. The number of benzene rings is 1. The van der Waals surface area contributed by atoms with E-state index in [2.05, 4.69) is 19.9 Å². The molecule has 0 unspecified atom stereocenters. The molecule has 0 spiro atoms. The van der Waals surface area contributed by atoms with Crippen molar-refractivity contribution in [1.29, 1.82) is 0 Å². The van der Waals surface area contributed by atoms with Gasteiger partial charge in [-0.15, -0.1) is 5.10 Å². The SMILES string of the molecule is CCc1nnc(N2CCC(NS(=O)(=O)c3ccc(F)cc3)CC2)nc1CC. The average Bonchev–Trinajstić information content (AvgIpc) is 2.68. The maximum absolute atomic E-state index is 13.0. The van der Waals surface area contributed by atoms with Crippen LogP contribution in [-0.4, -0.2) is 42.7 Å². The van der Waals surface area contributed by atoms with Crippen molar-refractivity contribution in [2.45, 2.75) is 50.5 Å². The van der Waals surface area contributed by atoms with Gasteiger partial charge in [0.25, 0.3) is 0 Å². The molecule has 146 valence electrons. The smallest absolute Gasteiger partial charge is 0.245 e. The first kappa shape index (κ1) is 19.6. The number of anilines is 1. The van der Waals surface area contributed by atoms with Crippen LogP contribution in [0.2, 0.25) is 0 Å². The maximum Gasteiger partial charge on any atom is 0.245 e. The van der Waals surface area contributed by atoms with E-state index in [-0.39, 0.29) is 10.9 Å². The second-order valence-corrected chi connectivity index (χ2v) is 8.26. The molecule has 7 nitrogen and oxygen atoms in total. The number of aromatic nitrogens is 3. The van der Waals surface area contributed by atoms with Gasteiger partial charge in [-0.05, 0) is 49.9 Å². The van der Waals surface area contributed by atoms with E-state index in [9.17, 15) is 12.8 Å². The second-order valence-electron chi connectivity index (χ2n) is 6.55. The zero-order valence-corrected chi connectivity index (χ0v) is 16.3. The van der Waals surface area contributed by atoms with Crippen LogP contribution < -0.4 is 9.62 Å². The Labute approximate surface area is 159 Å². The summed E-state index contributed by atoms with van der Waals surface area (Å²) >= 11 is 0. The Bertz CT molecular complexity index is 881. The summed E-state index contributed by atoms with van der Waals surface area (Å²) in [5.74, 6) is 0.139. The molecule has 1 N–H and O–H groups in total. The van der Waals surface area contributed by atoms with Gasteiger partial charge in [-0.1, -0.05) is 13.8 Å². The van der Waals surface area contributed by atoms with E-state index in [1.807, 2.05) is 18.7 Å². The van der Waals surface area contributed by atoms with Crippen molar-refractivity contribution in [3.05, 3.63) is 41.5 Å². The Morgan fingerprint density at radius 1 is 1.07 bits per heavy atom. The van der Waals surface area contributed by atoms with E-state index in [1.165, 1.54) is 12.1 Å². The summed E-state index contributed by atoms with van der Waals surface area (Å²) in [6.07, 6.45) is 2.89. The maximum atomic E-state index is 13.0. The third kappa shape index (κ3) is 4.59. The van der Waals surface area contributed by atoms with Gasteiger partial charge in [-0.2, -0.15) is 5.10 Å². The largest absolute Gasteiger partial charge is 0.339 e. The predicted molar refractivity (Wildman–Crippen MR) is 101 cm³/mol. The summed E-state index contributed by atoms with van der Waals surface area (Å²) in [7, 11) is -3.66. The summed E-state index contributed by atoms with van der Waals surface area (Å²) in [6.45, 7) is 5.37. The Morgan fingerprint density at radius 3 is 2.30 bits per heavy atom. The van der Waals surface area contributed by atoms with Gasteiger partial charge in [0.15, 0.2) is 0 Å². The predicted octanol–water partition coefficient (Wildman–Crippen LogP) is 2.08. The second kappa shape index (κ2) is 8.26. The molecule has 27 heavy (non-hydrogen) atoms. The molecule has 9 heteroatoms. The van der Waals surface area contributed by atoms with Crippen LogP contribution in [0.1, 0.15) is 38.1 Å². The van der Waals surface area contributed by atoms with E-state index < -0.39 is 15.8 Å². The van der Waals surface area contributed by atoms with Crippen LogP contribution in [0.15, 0.2) is 29.2 Å². The minimum Gasteiger partial charge on any atom is -0.339 e. The van der Waals surface area contributed by atoms with Crippen molar-refractivity contribution < 1.29 is 12.8 Å². The highest BCUT2D eigenvalue weighted by Gasteiger charge is 2.26. The van der Waals surface area contributed by atoms with Crippen LogP contribution in [0.25, 0.3) is 0 Å². The molecule has 0 saturated carbocycles. The van der Waals surface area contributed by atoms with Crippen molar-refractivity contribution in [3.8, 4) is 0 Å². The molecule has 2 aromatic rings. The molecular formula is C18H24FN5O2S. The van der Waals surface area contributed by atoms with E-state index >= 15 is 0 Å². The molecule has 0 aliphatic carbocycles. The summed E-state index contributed by atoms with van der Waals surface area (Å²) in [5.41, 5.74) is 1.88. The zero-order valence-electron chi connectivity index (χ0n) is 15.5. The van der Waals surface area contributed by atoms with Gasteiger partial charge in [0.1, 0.15) is 5.82 Å². The molecule has 0 atom stereocenters. The minimum absolute atomic E-state index is 0.0709. The number of nitrogens with zero attached hydrogens (tertiary/aromatic N) is 4. The lowest BCUT2D eigenvalue weighted by Crippen LogP contribution is -2.45. The summed E-state index contributed by atoms with van der Waals surface area (Å²) in [5, 5.41) is 8.50. The average molecular weight is 393 g/mol. The number of nitrogens with one attached hydrogen (secondary N) is 1. The van der Waals surface area contributed by atoms with Gasteiger partial charge in [0.05, 0.1) is 16.3 Å². The number of hydrogen-bond acceptors (Lipinski definition) is 6. The van der Waals surface area contributed by atoms with Gasteiger partial charge in [0, 0.05) is 19.1 Å². The lowest BCUT2D eigenvalue weighted by Gasteiger charge is -2.32. The van der Waals surface area contributed by atoms with Crippen molar-refractivity contribution in [2.24, 2.45) is 0 Å². The zero-order chi connectivity index (χ0) is 19.4. The number of sulfonamides is 1. The van der Waals surface area contributed by atoms with Gasteiger partial charge in [-0.3, -0.25) is 0 Å². The molecule has 1 aliphatic heterocycles. The monoisotopic (exact) mass is 393 g/mol. The van der Waals surface area contributed by atoms with Crippen molar-refractivity contribution in [3.63, 3.8) is 0 Å². The third-order valence-corrected chi connectivity index (χ3v) is 6.26. The van der Waals surface area contributed by atoms with Crippen molar-refractivity contribution >= 4 is 16.0 Å². The third-order valence-electron chi connectivity index (χ3n) is 4.72. The first-order valence-electron chi connectivity index (χ1n) is 9.18. The van der Waals surface area contributed by atoms with Crippen LogP contribution in [0, 0.1) is 5.82 Å². The molecular weight excluding hydrogens is 369 g/mol. The number of halogens is 1. The number of aryl methyl sites for hydroxylation is 2. The highest BCUT2D eigenvalue weighted by atomic mass is 32.2. The molecule has 1 fully saturated rings. The van der Waals surface area contributed by atoms with Crippen molar-refractivity contribution in [1.82, 2.24) is 19.9 Å². The van der Waals surface area contributed by atoms with E-state index in [0.29, 0.717) is 31.9 Å². The van der Waals surface area contributed by atoms with Gasteiger partial charge in [0.2, 0.25) is 16.0 Å². The fourth-order valence-corrected chi connectivity index (χ4v) is 4.47. The first-order chi connectivity index (χ1) is 12.9. The van der Waals surface area contributed by atoms with Gasteiger partial charge < -0.3 is 4.90 Å². The molecule has 1 aromatic heterocycles. The lowest BCUT2D eigenvalue weighted by atomic mass is 10.1. The van der Waals surface area contributed by atoms with E-state index in [0.717, 1.165) is 36.4 Å². The van der Waals surface area contributed by atoms with Gasteiger partial charge >= 0.3 is 0 Å². The molecule has 0 amide bonds. The fourth-order valence-electron chi connectivity index (χ4n) is 3.16. The molecule has 0 bridgehead atoms. The minimum atomic E-state index is -3.66. The molecule has 1 aliphatic rings. The first-order valence-corrected chi connectivity index (χ1v) is 10.7. The quantitative estimate of drug-likeness (QED) is 0.808. The topological polar surface area (TPSA) is 88.1 Å². The fraction of sp³-hybridized carbons (Fsp3) is 0.500. The molecule has 3 rings (SSSR count). The summed E-state index contributed by atoms with van der Waals surface area (Å²) in [4.78, 5) is 6.73. The number of piperidine rings is 1. The van der Waals surface area contributed by atoms with Crippen LogP contribution in [0.5, 0.6) is 0 Å². The Morgan fingerprint density at radius 2 is 1.70 bits per heavy atom. The summed E-state index contributed by atoms with van der Waals surface area (Å²) < 4.78 is 40.6. The molecule has 1 saturated heterocycles. The van der Waals surface area contributed by atoms with Crippen LogP contribution in [0.3, 0.4) is 0 Å². The molecule has 0 radical (unpaired) electrons. The Balaban J connectivity index is 1.63. The van der Waals surface area contributed by atoms with E-state index in [4.69, 9.17) is 0 Å². The number of rotatable bonds is 6. The number of hydrogen-bond donors (Lipinski definition) is 1. The standard InChI is InChI=1S/C18H24FN5O2S/c1-3-16-17(4-2)21-22-18(20-16)24-11-9-14(10-12-24)23-27(25,26)15-7-5-13(19)6-8-15/h5-8,14,23H,3-4,9-12H2,1-2H3. The van der Waals surface area contributed by atoms with Crippen molar-refractivity contribution in [2.75, 3.05) is 18.0 Å². The van der Waals surface area contributed by atoms with Gasteiger partial charge in [-0.25, -0.2) is 22.5 Å². The normalized spacial score (nSPS) is 15.9.